The summed E-state index contributed by atoms with van der Waals surface area (Å²) in [6, 6.07) is 4.36. The van der Waals surface area contributed by atoms with Crippen molar-refractivity contribution in [3.63, 3.8) is 0 Å². The maximum absolute atomic E-state index is 11.2. The third-order valence-corrected chi connectivity index (χ3v) is 4.46. The minimum Gasteiger partial charge on any atom is -0.398 e. The predicted molar refractivity (Wildman–Crippen MR) is 69.2 cm³/mol. The van der Waals surface area contributed by atoms with Gasteiger partial charge in [0.2, 0.25) is 10.0 Å². The summed E-state index contributed by atoms with van der Waals surface area (Å²) in [5.74, 6) is 0.784. The molecule has 1 rings (SSSR count). The van der Waals surface area contributed by atoms with E-state index < -0.39 is 10.0 Å². The average molecular weight is 276 g/mol. The van der Waals surface area contributed by atoms with Crippen LogP contribution in [0.3, 0.4) is 0 Å². The Hall–Kier alpha value is -0.760. The first-order chi connectivity index (χ1) is 7.84. The molecule has 5 nitrogen and oxygen atoms in total. The van der Waals surface area contributed by atoms with Crippen molar-refractivity contribution in [3.05, 3.63) is 18.2 Å². The van der Waals surface area contributed by atoms with E-state index in [1.54, 1.807) is 0 Å². The summed E-state index contributed by atoms with van der Waals surface area (Å²) in [5.41, 5.74) is 6.25. The van der Waals surface area contributed by atoms with Crippen molar-refractivity contribution in [2.45, 2.75) is 16.7 Å². The van der Waals surface area contributed by atoms with Gasteiger partial charge in [0.1, 0.15) is 0 Å². The summed E-state index contributed by atoms with van der Waals surface area (Å²) in [5, 5.41) is 13.9. The van der Waals surface area contributed by atoms with Gasteiger partial charge in [-0.15, -0.1) is 11.8 Å². The topological polar surface area (TPSA) is 106 Å². The van der Waals surface area contributed by atoms with Crippen LogP contribution >= 0.6 is 11.8 Å². The maximum atomic E-state index is 11.2. The number of benzene rings is 1. The molecule has 0 aliphatic carbocycles. The molecule has 0 radical (unpaired) electrons. The van der Waals surface area contributed by atoms with Gasteiger partial charge in [0, 0.05) is 22.9 Å². The van der Waals surface area contributed by atoms with Gasteiger partial charge in [0.15, 0.2) is 0 Å². The summed E-state index contributed by atoms with van der Waals surface area (Å²) >= 11 is 1.40. The molecular weight excluding hydrogens is 260 g/mol. The number of nitrogens with two attached hydrogens (primary N) is 2. The van der Waals surface area contributed by atoms with E-state index in [4.69, 9.17) is 16.0 Å². The van der Waals surface area contributed by atoms with E-state index >= 15 is 0 Å². The molecule has 1 atom stereocenters. The Kier molecular flexibility index (Phi) is 4.81. The summed E-state index contributed by atoms with van der Waals surface area (Å²) in [4.78, 5) is 0.711. The molecule has 0 bridgehead atoms. The Balaban J connectivity index is 2.92. The minimum atomic E-state index is -3.70. The monoisotopic (exact) mass is 276 g/mol. The maximum Gasteiger partial charge on any atom is 0.238 e. The van der Waals surface area contributed by atoms with Crippen LogP contribution < -0.4 is 10.9 Å². The van der Waals surface area contributed by atoms with Gasteiger partial charge in [-0.2, -0.15) is 0 Å². The highest BCUT2D eigenvalue weighted by Gasteiger charge is 2.11. The number of hydrogen-bond acceptors (Lipinski definition) is 5. The molecule has 7 heteroatoms. The van der Waals surface area contributed by atoms with Gasteiger partial charge < -0.3 is 10.8 Å². The molecule has 96 valence electrons. The number of aliphatic hydroxyl groups excluding tert-OH is 1. The Bertz CT molecular complexity index is 488. The lowest BCUT2D eigenvalue weighted by Crippen LogP contribution is -2.12. The third-order valence-electron chi connectivity index (χ3n) is 2.15. The van der Waals surface area contributed by atoms with Crippen molar-refractivity contribution in [2.24, 2.45) is 11.1 Å². The van der Waals surface area contributed by atoms with Crippen LogP contribution in [0.2, 0.25) is 0 Å². The second kappa shape index (κ2) is 5.72. The molecule has 0 aliphatic rings. The van der Waals surface area contributed by atoms with Gasteiger partial charge in [-0.3, -0.25) is 0 Å². The van der Waals surface area contributed by atoms with E-state index in [1.807, 2.05) is 6.92 Å². The fourth-order valence-electron chi connectivity index (χ4n) is 1.10. The summed E-state index contributed by atoms with van der Waals surface area (Å²) in [6.07, 6.45) is 0. The molecule has 0 spiro atoms. The zero-order valence-corrected chi connectivity index (χ0v) is 11.1. The van der Waals surface area contributed by atoms with Crippen LogP contribution in [-0.4, -0.2) is 25.9 Å². The molecule has 0 aromatic heterocycles. The van der Waals surface area contributed by atoms with Crippen LogP contribution in [0, 0.1) is 5.92 Å². The minimum absolute atomic E-state index is 0.0471. The number of anilines is 1. The predicted octanol–water partition coefficient (Wildman–Crippen LogP) is 0.637. The Morgan fingerprint density at radius 1 is 1.47 bits per heavy atom. The van der Waals surface area contributed by atoms with E-state index in [0.717, 1.165) is 0 Å². The van der Waals surface area contributed by atoms with Crippen LogP contribution in [-0.2, 0) is 10.0 Å². The Morgan fingerprint density at radius 2 is 2.12 bits per heavy atom. The van der Waals surface area contributed by atoms with Gasteiger partial charge in [-0.05, 0) is 24.1 Å². The second-order valence-electron chi connectivity index (χ2n) is 3.84. The number of hydrogen-bond donors (Lipinski definition) is 3. The highest BCUT2D eigenvalue weighted by atomic mass is 32.2. The first kappa shape index (κ1) is 14.3. The normalized spacial score (nSPS) is 13.6. The summed E-state index contributed by atoms with van der Waals surface area (Å²) in [6.45, 7) is 1.98. The molecule has 0 fully saturated rings. The molecule has 17 heavy (non-hydrogen) atoms. The standard InChI is InChI=1S/C10H16N2O3S2/c1-7(5-13)6-16-10-4-8(17(12,14)15)2-3-9(10)11/h2-4,7,13H,5-6,11H2,1H3,(H2,12,14,15). The first-order valence-corrected chi connectivity index (χ1v) is 7.53. The molecule has 0 amide bonds. The van der Waals surface area contributed by atoms with Crippen LogP contribution in [0.25, 0.3) is 0 Å². The van der Waals surface area contributed by atoms with Crippen LogP contribution in [0.5, 0.6) is 0 Å². The lowest BCUT2D eigenvalue weighted by molar-refractivity contribution is 0.250. The van der Waals surface area contributed by atoms with Gasteiger partial charge in [0.25, 0.3) is 0 Å². The quantitative estimate of drug-likeness (QED) is 0.540. The SMILES string of the molecule is CC(CO)CSc1cc(S(N)(=O)=O)ccc1N. The van der Waals surface area contributed by atoms with E-state index in [2.05, 4.69) is 0 Å². The highest BCUT2D eigenvalue weighted by molar-refractivity contribution is 7.99. The fraction of sp³-hybridized carbons (Fsp3) is 0.400. The molecule has 5 N–H and O–H groups in total. The zero-order chi connectivity index (χ0) is 13.1. The van der Waals surface area contributed by atoms with Crippen molar-refractivity contribution in [1.29, 1.82) is 0 Å². The molecule has 1 aromatic carbocycles. The number of thioether (sulfide) groups is 1. The first-order valence-electron chi connectivity index (χ1n) is 5.00. The molecule has 1 aromatic rings. The van der Waals surface area contributed by atoms with Crippen LogP contribution in [0.15, 0.2) is 28.0 Å². The summed E-state index contributed by atoms with van der Waals surface area (Å²) < 4.78 is 22.4. The number of aliphatic hydroxyl groups is 1. The largest absolute Gasteiger partial charge is 0.398 e. The number of nitrogen functional groups attached to an aromatic ring is 1. The Labute approximate surface area is 105 Å². The van der Waals surface area contributed by atoms with Gasteiger partial charge >= 0.3 is 0 Å². The fourth-order valence-corrected chi connectivity index (χ4v) is 2.73. The van der Waals surface area contributed by atoms with E-state index in [-0.39, 0.29) is 17.4 Å². The molecule has 0 aliphatic heterocycles. The Morgan fingerprint density at radius 3 is 2.65 bits per heavy atom. The molecular formula is C10H16N2O3S2. The van der Waals surface area contributed by atoms with Crippen LogP contribution in [0.1, 0.15) is 6.92 Å². The van der Waals surface area contributed by atoms with Crippen LogP contribution in [0.4, 0.5) is 5.69 Å². The number of primary sulfonamides is 1. The lowest BCUT2D eigenvalue weighted by atomic mass is 10.2. The second-order valence-corrected chi connectivity index (χ2v) is 6.47. The van der Waals surface area contributed by atoms with E-state index in [1.165, 1.54) is 30.0 Å². The average Bonchev–Trinajstić information content (AvgIpc) is 2.26. The molecule has 0 saturated heterocycles. The van der Waals surface area contributed by atoms with Crippen molar-refractivity contribution in [2.75, 3.05) is 18.1 Å². The smallest absolute Gasteiger partial charge is 0.238 e. The van der Waals surface area contributed by atoms with Crippen molar-refractivity contribution >= 4 is 27.5 Å². The molecule has 1 unspecified atom stereocenters. The number of sulfonamides is 1. The highest BCUT2D eigenvalue weighted by Crippen LogP contribution is 2.28. The van der Waals surface area contributed by atoms with E-state index in [9.17, 15) is 8.42 Å². The summed E-state index contributed by atoms with van der Waals surface area (Å²) in [7, 11) is -3.70. The lowest BCUT2D eigenvalue weighted by Gasteiger charge is -2.10. The van der Waals surface area contributed by atoms with Crippen molar-refractivity contribution in [1.82, 2.24) is 0 Å². The van der Waals surface area contributed by atoms with Gasteiger partial charge in [0.05, 0.1) is 4.90 Å². The zero-order valence-electron chi connectivity index (χ0n) is 9.46. The molecule has 0 heterocycles. The molecule has 0 saturated carbocycles. The van der Waals surface area contributed by atoms with Crippen molar-refractivity contribution in [3.8, 4) is 0 Å². The number of rotatable bonds is 5. The van der Waals surface area contributed by atoms with E-state index in [0.29, 0.717) is 16.3 Å². The third kappa shape index (κ3) is 4.19. The van der Waals surface area contributed by atoms with Crippen molar-refractivity contribution < 1.29 is 13.5 Å². The van der Waals surface area contributed by atoms with Gasteiger partial charge in [-0.25, -0.2) is 13.6 Å². The van der Waals surface area contributed by atoms with Gasteiger partial charge in [-0.1, -0.05) is 6.92 Å².